The first-order valence-electron chi connectivity index (χ1n) is 5.64. The van der Waals surface area contributed by atoms with Crippen molar-refractivity contribution in [3.05, 3.63) is 41.0 Å². The Balaban J connectivity index is 3.33. The Hall–Kier alpha value is -1.61. The molecular weight excluding hydrogens is 252 g/mol. The molecule has 4 heteroatoms. The van der Waals surface area contributed by atoms with Gasteiger partial charge < -0.3 is 5.11 Å². The van der Waals surface area contributed by atoms with Crippen LogP contribution in [0.25, 0.3) is 6.08 Å². The van der Waals surface area contributed by atoms with E-state index in [1.54, 1.807) is 6.07 Å². The molecule has 0 radical (unpaired) electrons. The van der Waals surface area contributed by atoms with E-state index in [4.69, 9.17) is 16.7 Å². The Labute approximate surface area is 111 Å². The summed E-state index contributed by atoms with van der Waals surface area (Å²) in [5.41, 5.74) is 2.34. The third kappa shape index (κ3) is 3.44. The van der Waals surface area contributed by atoms with Crippen molar-refractivity contribution in [2.45, 2.75) is 25.6 Å². The first kappa shape index (κ1) is 14.5. The molecular formula is C14H15ClO3. The predicted octanol–water partition coefficient (Wildman–Crippen LogP) is 3.22. The van der Waals surface area contributed by atoms with Crippen LogP contribution in [0.4, 0.5) is 0 Å². The molecule has 0 aliphatic rings. The molecule has 0 amide bonds. The molecule has 1 unspecified atom stereocenters. The number of carboxylic acid groups (broad SMARTS) is 1. The van der Waals surface area contributed by atoms with Crippen molar-refractivity contribution in [2.75, 3.05) is 0 Å². The number of Topliss-reactive ketones (excluding diaryl/α,β-unsaturated/α-hetero) is 1. The van der Waals surface area contributed by atoms with Crippen LogP contribution in [0.2, 0.25) is 0 Å². The minimum absolute atomic E-state index is 0.158. The molecule has 1 N–H and O–H groups in total. The lowest BCUT2D eigenvalue weighted by molar-refractivity contribution is -0.131. The van der Waals surface area contributed by atoms with Crippen LogP contribution in [0.3, 0.4) is 0 Å². The lowest BCUT2D eigenvalue weighted by atomic mass is 9.95. The molecule has 0 saturated heterocycles. The maximum absolute atomic E-state index is 11.4. The predicted molar refractivity (Wildman–Crippen MR) is 71.8 cm³/mol. The standard InChI is InChI=1S/C14H15ClO3/c1-3-10-5-4-6-12(14(15)9(2)16)11(10)7-8-13(17)18/h4-8,14H,3H2,1-2H3,(H,17,18). The van der Waals surface area contributed by atoms with Gasteiger partial charge in [-0.1, -0.05) is 25.1 Å². The van der Waals surface area contributed by atoms with Crippen molar-refractivity contribution in [2.24, 2.45) is 0 Å². The van der Waals surface area contributed by atoms with Gasteiger partial charge in [0.25, 0.3) is 0 Å². The number of hydrogen-bond acceptors (Lipinski definition) is 2. The zero-order valence-corrected chi connectivity index (χ0v) is 11.1. The third-order valence-electron chi connectivity index (χ3n) is 2.63. The van der Waals surface area contributed by atoms with Gasteiger partial charge in [0.15, 0.2) is 5.78 Å². The Kier molecular flexibility index (Phi) is 5.10. The minimum atomic E-state index is -1.03. The average molecular weight is 267 g/mol. The van der Waals surface area contributed by atoms with Crippen LogP contribution in [0.5, 0.6) is 0 Å². The van der Waals surface area contributed by atoms with E-state index in [0.717, 1.165) is 23.6 Å². The number of hydrogen-bond donors (Lipinski definition) is 1. The van der Waals surface area contributed by atoms with Gasteiger partial charge >= 0.3 is 5.97 Å². The molecule has 1 aromatic carbocycles. The van der Waals surface area contributed by atoms with E-state index in [1.165, 1.54) is 13.0 Å². The molecule has 0 saturated carbocycles. The molecule has 0 heterocycles. The molecule has 0 spiro atoms. The van der Waals surface area contributed by atoms with Gasteiger partial charge in [-0.25, -0.2) is 4.79 Å². The van der Waals surface area contributed by atoms with E-state index in [-0.39, 0.29) is 5.78 Å². The molecule has 1 atom stereocenters. The van der Waals surface area contributed by atoms with Gasteiger partial charge in [0.2, 0.25) is 0 Å². The Morgan fingerprint density at radius 1 is 1.44 bits per heavy atom. The third-order valence-corrected chi connectivity index (χ3v) is 3.18. The van der Waals surface area contributed by atoms with Crippen molar-refractivity contribution in [1.29, 1.82) is 0 Å². The first-order valence-corrected chi connectivity index (χ1v) is 6.08. The van der Waals surface area contributed by atoms with E-state index < -0.39 is 11.3 Å². The van der Waals surface area contributed by atoms with Crippen LogP contribution >= 0.6 is 11.6 Å². The number of carbonyl (C=O) groups excluding carboxylic acids is 1. The van der Waals surface area contributed by atoms with Gasteiger partial charge in [-0.05, 0) is 36.1 Å². The Morgan fingerprint density at radius 2 is 2.11 bits per heavy atom. The molecule has 0 aliphatic carbocycles. The molecule has 1 rings (SSSR count). The lowest BCUT2D eigenvalue weighted by Crippen LogP contribution is -2.05. The number of rotatable bonds is 5. The van der Waals surface area contributed by atoms with E-state index >= 15 is 0 Å². The first-order chi connectivity index (χ1) is 8.47. The fourth-order valence-electron chi connectivity index (χ4n) is 1.74. The maximum Gasteiger partial charge on any atom is 0.328 e. The van der Waals surface area contributed by atoms with E-state index in [1.807, 2.05) is 19.1 Å². The Bertz CT molecular complexity index is 492. The summed E-state index contributed by atoms with van der Waals surface area (Å²) in [5, 5.41) is 7.94. The minimum Gasteiger partial charge on any atom is -0.478 e. The highest BCUT2D eigenvalue weighted by atomic mass is 35.5. The zero-order valence-electron chi connectivity index (χ0n) is 10.3. The largest absolute Gasteiger partial charge is 0.478 e. The highest BCUT2D eigenvalue weighted by molar-refractivity contribution is 6.31. The second kappa shape index (κ2) is 6.36. The quantitative estimate of drug-likeness (QED) is 0.658. The van der Waals surface area contributed by atoms with Crippen molar-refractivity contribution in [1.82, 2.24) is 0 Å². The highest BCUT2D eigenvalue weighted by Gasteiger charge is 2.17. The second-order valence-corrected chi connectivity index (χ2v) is 4.35. The van der Waals surface area contributed by atoms with Crippen LogP contribution in [-0.2, 0) is 16.0 Å². The summed E-state index contributed by atoms with van der Waals surface area (Å²) in [4.78, 5) is 22.0. The van der Waals surface area contributed by atoms with Crippen LogP contribution in [-0.4, -0.2) is 16.9 Å². The van der Waals surface area contributed by atoms with Gasteiger partial charge in [0.05, 0.1) is 0 Å². The number of carboxylic acids is 1. The van der Waals surface area contributed by atoms with Crippen LogP contribution in [0.1, 0.15) is 35.9 Å². The fourth-order valence-corrected chi connectivity index (χ4v) is 1.93. The smallest absolute Gasteiger partial charge is 0.328 e. The summed E-state index contributed by atoms with van der Waals surface area (Å²) in [6.45, 7) is 3.38. The van der Waals surface area contributed by atoms with E-state index in [2.05, 4.69) is 0 Å². The topological polar surface area (TPSA) is 54.4 Å². The number of halogens is 1. The summed E-state index contributed by atoms with van der Waals surface area (Å²) in [6, 6.07) is 5.47. The lowest BCUT2D eigenvalue weighted by Gasteiger charge is -2.13. The summed E-state index contributed by atoms with van der Waals surface area (Å²) < 4.78 is 0. The SMILES string of the molecule is CCc1cccc(C(Cl)C(C)=O)c1C=CC(=O)O. The molecule has 0 fully saturated rings. The normalized spacial score (nSPS) is 12.6. The molecule has 18 heavy (non-hydrogen) atoms. The number of alkyl halides is 1. The van der Waals surface area contributed by atoms with Gasteiger partial charge in [-0.2, -0.15) is 0 Å². The van der Waals surface area contributed by atoms with Crippen LogP contribution in [0.15, 0.2) is 24.3 Å². The van der Waals surface area contributed by atoms with Crippen molar-refractivity contribution >= 4 is 29.4 Å². The van der Waals surface area contributed by atoms with E-state index in [0.29, 0.717) is 5.56 Å². The fraction of sp³-hybridized carbons (Fsp3) is 0.286. The number of benzene rings is 1. The Morgan fingerprint density at radius 3 is 2.61 bits per heavy atom. The molecule has 0 bridgehead atoms. The van der Waals surface area contributed by atoms with Crippen molar-refractivity contribution in [3.63, 3.8) is 0 Å². The molecule has 3 nitrogen and oxygen atoms in total. The zero-order chi connectivity index (χ0) is 13.7. The number of carbonyl (C=O) groups is 2. The van der Waals surface area contributed by atoms with Crippen molar-refractivity contribution in [3.8, 4) is 0 Å². The molecule has 96 valence electrons. The van der Waals surface area contributed by atoms with Gasteiger partial charge in [0.1, 0.15) is 5.38 Å². The monoisotopic (exact) mass is 266 g/mol. The van der Waals surface area contributed by atoms with Crippen LogP contribution in [0, 0.1) is 0 Å². The van der Waals surface area contributed by atoms with Crippen molar-refractivity contribution < 1.29 is 14.7 Å². The van der Waals surface area contributed by atoms with Gasteiger partial charge in [0, 0.05) is 6.08 Å². The van der Waals surface area contributed by atoms with E-state index in [9.17, 15) is 9.59 Å². The molecule has 0 aromatic heterocycles. The summed E-state index contributed by atoms with van der Waals surface area (Å²) in [6.07, 6.45) is 3.30. The molecule has 1 aromatic rings. The van der Waals surface area contributed by atoms with Gasteiger partial charge in [-0.15, -0.1) is 11.6 Å². The second-order valence-electron chi connectivity index (χ2n) is 3.92. The average Bonchev–Trinajstić information content (AvgIpc) is 2.34. The summed E-state index contributed by atoms with van der Waals surface area (Å²) >= 11 is 6.06. The summed E-state index contributed by atoms with van der Waals surface area (Å²) in [7, 11) is 0. The summed E-state index contributed by atoms with van der Waals surface area (Å²) in [5.74, 6) is -1.18. The maximum atomic E-state index is 11.4. The number of aliphatic carboxylic acids is 1. The number of ketones is 1. The van der Waals surface area contributed by atoms with Crippen LogP contribution < -0.4 is 0 Å². The molecule has 0 aliphatic heterocycles. The van der Waals surface area contributed by atoms with Gasteiger partial charge in [-0.3, -0.25) is 4.79 Å². The number of aryl methyl sites for hydroxylation is 1. The highest BCUT2D eigenvalue weighted by Crippen LogP contribution is 2.28.